The van der Waals surface area contributed by atoms with Crippen molar-refractivity contribution in [1.82, 2.24) is 14.9 Å². The molecule has 2 aromatic carbocycles. The molecule has 2 atom stereocenters. The lowest BCUT2D eigenvalue weighted by atomic mass is 9.92. The number of aryl methyl sites for hydroxylation is 1. The highest BCUT2D eigenvalue weighted by Crippen LogP contribution is 2.25. The average molecular weight is 385 g/mol. The number of hydrogen-bond donors (Lipinski definition) is 2. The van der Waals surface area contributed by atoms with E-state index in [1.54, 1.807) is 0 Å². The third-order valence-electron chi connectivity index (χ3n) is 5.19. The van der Waals surface area contributed by atoms with Crippen LogP contribution in [0.5, 0.6) is 0 Å². The fourth-order valence-corrected chi connectivity index (χ4v) is 3.72. The predicted octanol–water partition coefficient (Wildman–Crippen LogP) is 3.99. The van der Waals surface area contributed by atoms with Crippen LogP contribution in [0.1, 0.15) is 19.8 Å². The molecule has 2 N–H and O–H groups in total. The summed E-state index contributed by atoms with van der Waals surface area (Å²) in [5, 5.41) is 6.44. The van der Waals surface area contributed by atoms with E-state index in [0.29, 0.717) is 6.04 Å². The number of carbonyl (C=O) groups is 1. The number of imidazole rings is 1. The summed E-state index contributed by atoms with van der Waals surface area (Å²) >= 11 is 0. The number of aromatic nitrogens is 2. The van der Waals surface area contributed by atoms with E-state index in [4.69, 9.17) is 4.98 Å². The van der Waals surface area contributed by atoms with Crippen molar-refractivity contribution in [1.29, 1.82) is 0 Å². The Morgan fingerprint density at radius 2 is 1.93 bits per heavy atom. The molecule has 6 heteroatoms. The Labute approximate surface area is 165 Å². The highest BCUT2D eigenvalue weighted by molar-refractivity contribution is 5.93. The lowest BCUT2D eigenvalue weighted by Crippen LogP contribution is -2.40. The Balaban J connectivity index is 0.00000210. The van der Waals surface area contributed by atoms with E-state index in [2.05, 4.69) is 28.2 Å². The molecule has 0 aliphatic carbocycles. The molecule has 142 valence electrons. The summed E-state index contributed by atoms with van der Waals surface area (Å²) in [6.07, 6.45) is 1.79. The number of fused-ring (bicyclic) bond motifs is 1. The van der Waals surface area contributed by atoms with E-state index in [9.17, 15) is 4.79 Å². The minimum atomic E-state index is 0. The summed E-state index contributed by atoms with van der Waals surface area (Å²) in [5.74, 6) is 1.14. The molecule has 1 aromatic heterocycles. The predicted molar refractivity (Wildman–Crippen MR) is 112 cm³/mol. The van der Waals surface area contributed by atoms with Gasteiger partial charge in [0.1, 0.15) is 5.82 Å². The van der Waals surface area contributed by atoms with E-state index in [1.807, 2.05) is 49.5 Å². The number of anilines is 1. The summed E-state index contributed by atoms with van der Waals surface area (Å²) in [4.78, 5) is 17.2. The molecule has 1 amide bonds. The molecule has 3 aromatic rings. The first-order valence-corrected chi connectivity index (χ1v) is 9.18. The van der Waals surface area contributed by atoms with Crippen LogP contribution in [0.4, 0.5) is 5.69 Å². The van der Waals surface area contributed by atoms with E-state index in [1.165, 1.54) is 0 Å². The fraction of sp³-hybridized carbons (Fsp3) is 0.333. The van der Waals surface area contributed by atoms with Gasteiger partial charge in [-0.1, -0.05) is 12.1 Å². The number of nitrogens with zero attached hydrogens (tertiary/aromatic N) is 2. The van der Waals surface area contributed by atoms with Crippen LogP contribution in [0.2, 0.25) is 0 Å². The van der Waals surface area contributed by atoms with Gasteiger partial charge in [0.15, 0.2) is 0 Å². The molecule has 2 heterocycles. The van der Waals surface area contributed by atoms with Crippen molar-refractivity contribution in [3.63, 3.8) is 0 Å². The van der Waals surface area contributed by atoms with Crippen LogP contribution in [0, 0.1) is 5.92 Å². The third-order valence-corrected chi connectivity index (χ3v) is 5.19. The van der Waals surface area contributed by atoms with Crippen molar-refractivity contribution in [2.24, 2.45) is 13.0 Å². The zero-order valence-electron chi connectivity index (χ0n) is 15.6. The number of benzene rings is 2. The van der Waals surface area contributed by atoms with Crippen LogP contribution in [-0.4, -0.2) is 28.0 Å². The summed E-state index contributed by atoms with van der Waals surface area (Å²) in [6.45, 7) is 3.04. The molecule has 0 spiro atoms. The highest BCUT2D eigenvalue weighted by Gasteiger charge is 2.24. The van der Waals surface area contributed by atoms with Gasteiger partial charge in [-0.05, 0) is 62.7 Å². The zero-order valence-corrected chi connectivity index (χ0v) is 16.4. The third kappa shape index (κ3) is 3.99. The van der Waals surface area contributed by atoms with Crippen molar-refractivity contribution < 1.29 is 4.79 Å². The Morgan fingerprint density at radius 1 is 1.19 bits per heavy atom. The number of nitrogens with one attached hydrogen (secondary N) is 2. The highest BCUT2D eigenvalue weighted by atomic mass is 35.5. The lowest BCUT2D eigenvalue weighted by Gasteiger charge is -2.27. The van der Waals surface area contributed by atoms with Gasteiger partial charge in [-0.15, -0.1) is 12.4 Å². The molecule has 4 rings (SSSR count). The van der Waals surface area contributed by atoms with Crippen LogP contribution in [0.3, 0.4) is 0 Å². The average Bonchev–Trinajstić information content (AvgIpc) is 2.99. The number of hydrogen-bond acceptors (Lipinski definition) is 3. The van der Waals surface area contributed by atoms with E-state index in [0.717, 1.165) is 47.5 Å². The quantitative estimate of drug-likeness (QED) is 0.717. The second kappa shape index (κ2) is 8.11. The van der Waals surface area contributed by atoms with Crippen molar-refractivity contribution in [3.05, 3.63) is 48.5 Å². The Bertz CT molecular complexity index is 935. The van der Waals surface area contributed by atoms with Gasteiger partial charge in [-0.2, -0.15) is 0 Å². The zero-order chi connectivity index (χ0) is 18.1. The van der Waals surface area contributed by atoms with E-state index in [-0.39, 0.29) is 24.2 Å². The summed E-state index contributed by atoms with van der Waals surface area (Å²) < 4.78 is 2.10. The van der Waals surface area contributed by atoms with Crippen molar-refractivity contribution >= 4 is 35.0 Å². The molecule has 1 fully saturated rings. The first-order valence-electron chi connectivity index (χ1n) is 9.18. The maximum atomic E-state index is 12.5. The topological polar surface area (TPSA) is 59.0 Å². The SMILES string of the molecule is C[C@H]1C[C@@H](C(=O)Nc2ccc(-c3nc4ccccc4n3C)cc2)CCN1.Cl. The molecule has 5 nitrogen and oxygen atoms in total. The molecular formula is C21H25ClN4O. The van der Waals surface area contributed by atoms with Gasteiger partial charge in [0.25, 0.3) is 0 Å². The maximum Gasteiger partial charge on any atom is 0.227 e. The van der Waals surface area contributed by atoms with E-state index >= 15 is 0 Å². The summed E-state index contributed by atoms with van der Waals surface area (Å²) in [5.41, 5.74) is 3.98. The smallest absolute Gasteiger partial charge is 0.227 e. The van der Waals surface area contributed by atoms with E-state index < -0.39 is 0 Å². The van der Waals surface area contributed by atoms with Gasteiger partial charge in [0, 0.05) is 30.3 Å². The molecule has 1 saturated heterocycles. The number of rotatable bonds is 3. The van der Waals surface area contributed by atoms with Crippen molar-refractivity contribution in [2.75, 3.05) is 11.9 Å². The Kier molecular flexibility index (Phi) is 5.82. The minimum absolute atomic E-state index is 0. The molecule has 0 bridgehead atoms. The van der Waals surface area contributed by atoms with Crippen molar-refractivity contribution in [2.45, 2.75) is 25.8 Å². The standard InChI is InChI=1S/C21H24N4O.ClH/c1-14-13-16(11-12-22-14)21(26)23-17-9-7-15(8-10-17)20-24-18-5-3-4-6-19(18)25(20)2;/h3-10,14,16,22H,11-13H2,1-2H3,(H,23,26);1H/t14-,16-;/m0./s1. The fourth-order valence-electron chi connectivity index (χ4n) is 3.72. The molecule has 27 heavy (non-hydrogen) atoms. The molecule has 0 saturated carbocycles. The number of para-hydroxylation sites is 2. The van der Waals surface area contributed by atoms with Crippen LogP contribution in [-0.2, 0) is 11.8 Å². The van der Waals surface area contributed by atoms with Gasteiger partial charge in [-0.25, -0.2) is 4.98 Å². The second-order valence-electron chi connectivity index (χ2n) is 7.13. The lowest BCUT2D eigenvalue weighted by molar-refractivity contribution is -0.120. The van der Waals surface area contributed by atoms with Crippen LogP contribution in [0.15, 0.2) is 48.5 Å². The first kappa shape index (κ1) is 19.4. The van der Waals surface area contributed by atoms with Crippen LogP contribution < -0.4 is 10.6 Å². The Morgan fingerprint density at radius 3 is 2.63 bits per heavy atom. The van der Waals surface area contributed by atoms with Gasteiger partial charge < -0.3 is 15.2 Å². The molecule has 1 aliphatic heterocycles. The molecule has 0 radical (unpaired) electrons. The summed E-state index contributed by atoms with van der Waals surface area (Å²) in [7, 11) is 2.03. The van der Waals surface area contributed by atoms with Gasteiger partial charge >= 0.3 is 0 Å². The maximum absolute atomic E-state index is 12.5. The number of carbonyl (C=O) groups excluding carboxylic acids is 1. The van der Waals surface area contributed by atoms with Gasteiger partial charge in [0.05, 0.1) is 11.0 Å². The molecule has 0 unspecified atom stereocenters. The van der Waals surface area contributed by atoms with Crippen molar-refractivity contribution in [3.8, 4) is 11.4 Å². The largest absolute Gasteiger partial charge is 0.327 e. The monoisotopic (exact) mass is 384 g/mol. The second-order valence-corrected chi connectivity index (χ2v) is 7.13. The number of amides is 1. The number of piperidine rings is 1. The summed E-state index contributed by atoms with van der Waals surface area (Å²) in [6, 6.07) is 16.5. The molecular weight excluding hydrogens is 360 g/mol. The van der Waals surface area contributed by atoms with Crippen LogP contribution >= 0.6 is 12.4 Å². The number of halogens is 1. The normalized spacial score (nSPS) is 19.5. The van der Waals surface area contributed by atoms with Crippen LogP contribution in [0.25, 0.3) is 22.4 Å². The van der Waals surface area contributed by atoms with Gasteiger partial charge in [0.2, 0.25) is 5.91 Å². The molecule has 1 aliphatic rings. The minimum Gasteiger partial charge on any atom is -0.327 e. The van der Waals surface area contributed by atoms with Gasteiger partial charge in [-0.3, -0.25) is 4.79 Å². The first-order chi connectivity index (χ1) is 12.6. The Hall–Kier alpha value is -2.37.